The van der Waals surface area contributed by atoms with Crippen molar-refractivity contribution in [2.45, 2.75) is 52.6 Å². The Morgan fingerprint density at radius 2 is 2.00 bits per heavy atom. The minimum Gasteiger partial charge on any atom is -0.383 e. The van der Waals surface area contributed by atoms with E-state index in [4.69, 9.17) is 4.74 Å². The Bertz CT molecular complexity index is 219. The van der Waals surface area contributed by atoms with Crippen LogP contribution in [0, 0.1) is 11.8 Å². The summed E-state index contributed by atoms with van der Waals surface area (Å²) in [4.78, 5) is 2.64. The molecule has 1 fully saturated rings. The lowest BCUT2D eigenvalue weighted by Crippen LogP contribution is -2.47. The summed E-state index contributed by atoms with van der Waals surface area (Å²) in [6.45, 7) is 13.6. The van der Waals surface area contributed by atoms with E-state index in [9.17, 15) is 0 Å². The molecular formula is C15H32N2O. The first-order valence-electron chi connectivity index (χ1n) is 7.51. The van der Waals surface area contributed by atoms with Crippen LogP contribution in [0.4, 0.5) is 0 Å². The van der Waals surface area contributed by atoms with E-state index >= 15 is 0 Å². The fourth-order valence-corrected chi connectivity index (χ4v) is 2.95. The highest BCUT2D eigenvalue weighted by Crippen LogP contribution is 2.16. The van der Waals surface area contributed by atoms with Crippen LogP contribution < -0.4 is 5.32 Å². The summed E-state index contributed by atoms with van der Waals surface area (Å²) in [7, 11) is 1.82. The van der Waals surface area contributed by atoms with Gasteiger partial charge in [-0.1, -0.05) is 27.7 Å². The lowest BCUT2D eigenvalue weighted by molar-refractivity contribution is 0.0619. The highest BCUT2D eigenvalue weighted by atomic mass is 16.5. The standard InChI is InChI=1S/C15H32N2O/c1-12(2)9-14-10-17(8-6-7-16-14)15(11-18-5)13(3)4/h12-16H,6-11H2,1-5H3. The first-order chi connectivity index (χ1) is 8.54. The molecule has 3 nitrogen and oxygen atoms in total. The van der Waals surface area contributed by atoms with E-state index in [-0.39, 0.29) is 0 Å². The number of methoxy groups -OCH3 is 1. The summed E-state index contributed by atoms with van der Waals surface area (Å²) in [5.41, 5.74) is 0. The number of hydrogen-bond acceptors (Lipinski definition) is 3. The second-order valence-corrected chi connectivity index (χ2v) is 6.40. The van der Waals surface area contributed by atoms with Crippen molar-refractivity contribution < 1.29 is 4.74 Å². The second-order valence-electron chi connectivity index (χ2n) is 6.40. The molecule has 1 aliphatic heterocycles. The zero-order valence-electron chi connectivity index (χ0n) is 12.9. The monoisotopic (exact) mass is 256 g/mol. The third-order valence-corrected chi connectivity index (χ3v) is 3.84. The molecular weight excluding hydrogens is 224 g/mol. The molecule has 3 heteroatoms. The number of nitrogens with one attached hydrogen (secondary N) is 1. The van der Waals surface area contributed by atoms with Gasteiger partial charge in [0.05, 0.1) is 6.61 Å². The van der Waals surface area contributed by atoms with Crippen LogP contribution in [0.3, 0.4) is 0 Å². The Labute approximate surface area is 113 Å². The van der Waals surface area contributed by atoms with Crippen LogP contribution in [0.5, 0.6) is 0 Å². The summed E-state index contributed by atoms with van der Waals surface area (Å²) in [5.74, 6) is 1.42. The third kappa shape index (κ3) is 5.25. The van der Waals surface area contributed by atoms with Crippen molar-refractivity contribution in [2.75, 3.05) is 33.4 Å². The van der Waals surface area contributed by atoms with Gasteiger partial charge in [-0.3, -0.25) is 4.90 Å². The summed E-state index contributed by atoms with van der Waals surface area (Å²) in [5, 5.41) is 3.70. The molecule has 1 rings (SSSR count). The average Bonchev–Trinajstić information content (AvgIpc) is 2.50. The molecule has 1 N–H and O–H groups in total. The normalized spacial score (nSPS) is 24.5. The SMILES string of the molecule is COCC(C(C)C)N1CCCNC(CC(C)C)C1. The van der Waals surface area contributed by atoms with Gasteiger partial charge < -0.3 is 10.1 Å². The van der Waals surface area contributed by atoms with Gasteiger partial charge in [0.1, 0.15) is 0 Å². The Hall–Kier alpha value is -0.120. The van der Waals surface area contributed by atoms with Gasteiger partial charge in [-0.15, -0.1) is 0 Å². The summed E-state index contributed by atoms with van der Waals surface area (Å²) >= 11 is 0. The molecule has 2 atom stereocenters. The van der Waals surface area contributed by atoms with E-state index in [1.54, 1.807) is 0 Å². The van der Waals surface area contributed by atoms with Crippen molar-refractivity contribution >= 4 is 0 Å². The maximum atomic E-state index is 5.41. The van der Waals surface area contributed by atoms with Crippen LogP contribution in [0.25, 0.3) is 0 Å². The highest BCUT2D eigenvalue weighted by Gasteiger charge is 2.26. The minimum absolute atomic E-state index is 0.560. The maximum Gasteiger partial charge on any atom is 0.0620 e. The van der Waals surface area contributed by atoms with Crippen LogP contribution in [-0.4, -0.2) is 50.3 Å². The second kappa shape index (κ2) is 8.13. The lowest BCUT2D eigenvalue weighted by atomic mass is 10.00. The van der Waals surface area contributed by atoms with Gasteiger partial charge in [-0.05, 0) is 37.8 Å². The molecule has 0 aromatic rings. The Balaban J connectivity index is 2.60. The fraction of sp³-hybridized carbons (Fsp3) is 1.00. The molecule has 0 saturated carbocycles. The third-order valence-electron chi connectivity index (χ3n) is 3.84. The summed E-state index contributed by atoms with van der Waals surface area (Å²) < 4.78 is 5.41. The van der Waals surface area contributed by atoms with Crippen LogP contribution >= 0.6 is 0 Å². The summed E-state index contributed by atoms with van der Waals surface area (Å²) in [6, 6.07) is 1.20. The van der Waals surface area contributed by atoms with Crippen molar-refractivity contribution in [3.63, 3.8) is 0 Å². The van der Waals surface area contributed by atoms with Gasteiger partial charge >= 0.3 is 0 Å². The van der Waals surface area contributed by atoms with Crippen molar-refractivity contribution in [2.24, 2.45) is 11.8 Å². The predicted molar refractivity (Wildman–Crippen MR) is 77.9 cm³/mol. The first kappa shape index (κ1) is 15.9. The van der Waals surface area contributed by atoms with E-state index in [2.05, 4.69) is 37.9 Å². The summed E-state index contributed by atoms with van der Waals surface area (Å²) in [6.07, 6.45) is 2.52. The average molecular weight is 256 g/mol. The largest absolute Gasteiger partial charge is 0.383 e. The Morgan fingerprint density at radius 3 is 2.56 bits per heavy atom. The topological polar surface area (TPSA) is 24.5 Å². The van der Waals surface area contributed by atoms with Gasteiger partial charge in [0.25, 0.3) is 0 Å². The highest BCUT2D eigenvalue weighted by molar-refractivity contribution is 4.83. The van der Waals surface area contributed by atoms with Gasteiger partial charge in [-0.25, -0.2) is 0 Å². The quantitative estimate of drug-likeness (QED) is 0.789. The minimum atomic E-state index is 0.560. The first-order valence-corrected chi connectivity index (χ1v) is 7.51. The number of nitrogens with zero attached hydrogens (tertiary/aromatic N) is 1. The molecule has 0 amide bonds. The van der Waals surface area contributed by atoms with Crippen molar-refractivity contribution in [3.8, 4) is 0 Å². The van der Waals surface area contributed by atoms with Crippen LogP contribution in [0.2, 0.25) is 0 Å². The molecule has 0 radical (unpaired) electrons. The molecule has 0 spiro atoms. The number of ether oxygens (including phenoxy) is 1. The molecule has 1 heterocycles. The number of rotatable bonds is 6. The van der Waals surface area contributed by atoms with Crippen molar-refractivity contribution in [3.05, 3.63) is 0 Å². The Morgan fingerprint density at radius 1 is 1.28 bits per heavy atom. The maximum absolute atomic E-state index is 5.41. The molecule has 0 aromatic heterocycles. The molecule has 1 saturated heterocycles. The van der Waals surface area contributed by atoms with E-state index in [0.29, 0.717) is 18.0 Å². The zero-order valence-corrected chi connectivity index (χ0v) is 12.9. The van der Waals surface area contributed by atoms with Crippen molar-refractivity contribution in [1.82, 2.24) is 10.2 Å². The molecule has 108 valence electrons. The van der Waals surface area contributed by atoms with E-state index in [1.165, 1.54) is 25.9 Å². The lowest BCUT2D eigenvalue weighted by Gasteiger charge is -2.35. The van der Waals surface area contributed by atoms with Gasteiger partial charge in [0.15, 0.2) is 0 Å². The zero-order chi connectivity index (χ0) is 13.5. The molecule has 2 unspecified atom stereocenters. The van der Waals surface area contributed by atoms with E-state index in [0.717, 1.165) is 19.1 Å². The Kier molecular flexibility index (Phi) is 7.20. The van der Waals surface area contributed by atoms with E-state index in [1.807, 2.05) is 7.11 Å². The van der Waals surface area contributed by atoms with Gasteiger partial charge in [0, 0.05) is 25.7 Å². The van der Waals surface area contributed by atoms with Crippen LogP contribution in [0.15, 0.2) is 0 Å². The number of hydrogen-bond donors (Lipinski definition) is 1. The smallest absolute Gasteiger partial charge is 0.0620 e. The van der Waals surface area contributed by atoms with E-state index < -0.39 is 0 Å². The molecule has 18 heavy (non-hydrogen) atoms. The predicted octanol–water partition coefficient (Wildman–Crippen LogP) is 2.37. The van der Waals surface area contributed by atoms with Crippen molar-refractivity contribution in [1.29, 1.82) is 0 Å². The molecule has 0 aromatic carbocycles. The molecule has 0 bridgehead atoms. The van der Waals surface area contributed by atoms with Crippen LogP contribution in [0.1, 0.15) is 40.5 Å². The molecule has 0 aliphatic carbocycles. The van der Waals surface area contributed by atoms with Crippen LogP contribution in [-0.2, 0) is 4.74 Å². The fourth-order valence-electron chi connectivity index (χ4n) is 2.95. The molecule has 1 aliphatic rings. The van der Waals surface area contributed by atoms with Gasteiger partial charge in [0.2, 0.25) is 0 Å². The van der Waals surface area contributed by atoms with Gasteiger partial charge in [-0.2, -0.15) is 0 Å².